The summed E-state index contributed by atoms with van der Waals surface area (Å²) in [5.41, 5.74) is 0.775. The molecule has 0 unspecified atom stereocenters. The average Bonchev–Trinajstić information content (AvgIpc) is 2.94. The Labute approximate surface area is 135 Å². The van der Waals surface area contributed by atoms with Gasteiger partial charge in [-0.1, -0.05) is 13.8 Å². The summed E-state index contributed by atoms with van der Waals surface area (Å²) in [6.45, 7) is 7.29. The van der Waals surface area contributed by atoms with Crippen LogP contribution in [0, 0.1) is 11.7 Å². The zero-order chi connectivity index (χ0) is 16.6. The van der Waals surface area contributed by atoms with Gasteiger partial charge in [-0.25, -0.2) is 4.39 Å². The van der Waals surface area contributed by atoms with Crippen LogP contribution in [0.2, 0.25) is 0 Å². The second-order valence-electron chi connectivity index (χ2n) is 6.31. The van der Waals surface area contributed by atoms with E-state index in [4.69, 9.17) is 0 Å². The van der Waals surface area contributed by atoms with Crippen LogP contribution in [-0.4, -0.2) is 32.1 Å². The minimum atomic E-state index is -0.297. The summed E-state index contributed by atoms with van der Waals surface area (Å²) >= 11 is 0. The summed E-state index contributed by atoms with van der Waals surface area (Å²) in [5, 5.41) is 8.54. The number of amides is 1. The maximum atomic E-state index is 13.2. The molecule has 2 heterocycles. The molecule has 0 saturated heterocycles. The Hall–Kier alpha value is -2.24. The first kappa shape index (κ1) is 15.6. The van der Waals surface area contributed by atoms with Gasteiger partial charge in [-0.3, -0.25) is 9.36 Å². The number of likely N-dealkylation sites (N-methyl/N-ethyl adjacent to an activating group) is 1. The fourth-order valence-corrected chi connectivity index (χ4v) is 3.04. The summed E-state index contributed by atoms with van der Waals surface area (Å²) in [6, 6.07) is 5.86. The normalized spacial score (nSPS) is 17.7. The Bertz CT molecular complexity index is 708. The number of carbonyl (C=O) groups excluding carboxylic acids is 1. The molecule has 1 aliphatic rings. The molecule has 1 aliphatic heterocycles. The van der Waals surface area contributed by atoms with E-state index in [1.807, 2.05) is 16.4 Å². The summed E-state index contributed by atoms with van der Waals surface area (Å²) in [7, 11) is 0. The SMILES string of the molecule is CCN1Cc2nnc(-c3ccc(F)cc3)n2[C@@H](CC(C)C)C1=O. The van der Waals surface area contributed by atoms with Crippen molar-refractivity contribution in [1.82, 2.24) is 19.7 Å². The molecule has 23 heavy (non-hydrogen) atoms. The number of hydrogen-bond acceptors (Lipinski definition) is 3. The second kappa shape index (κ2) is 6.10. The van der Waals surface area contributed by atoms with Crippen molar-refractivity contribution in [2.45, 2.75) is 39.8 Å². The van der Waals surface area contributed by atoms with Crippen molar-refractivity contribution in [1.29, 1.82) is 0 Å². The number of fused-ring (bicyclic) bond motifs is 1. The molecule has 0 N–H and O–H groups in total. The van der Waals surface area contributed by atoms with Crippen LogP contribution in [0.1, 0.15) is 39.1 Å². The Morgan fingerprint density at radius 2 is 1.96 bits per heavy atom. The predicted molar refractivity (Wildman–Crippen MR) is 85.0 cm³/mol. The Morgan fingerprint density at radius 3 is 2.57 bits per heavy atom. The van der Waals surface area contributed by atoms with Crippen LogP contribution in [0.25, 0.3) is 11.4 Å². The molecule has 0 fully saturated rings. The summed E-state index contributed by atoms with van der Waals surface area (Å²) in [5.74, 6) is 1.61. The molecule has 1 aromatic heterocycles. The molecule has 1 aromatic carbocycles. The van der Waals surface area contributed by atoms with Crippen molar-refractivity contribution in [3.8, 4) is 11.4 Å². The Kier molecular flexibility index (Phi) is 4.15. The van der Waals surface area contributed by atoms with Gasteiger partial charge in [0.25, 0.3) is 0 Å². The number of carbonyl (C=O) groups is 1. The van der Waals surface area contributed by atoms with Gasteiger partial charge in [0.05, 0.1) is 6.54 Å². The first-order valence-electron chi connectivity index (χ1n) is 7.99. The van der Waals surface area contributed by atoms with Crippen molar-refractivity contribution < 1.29 is 9.18 Å². The van der Waals surface area contributed by atoms with E-state index in [-0.39, 0.29) is 17.8 Å². The number of aromatic nitrogens is 3. The maximum absolute atomic E-state index is 13.2. The first-order chi connectivity index (χ1) is 11.0. The van der Waals surface area contributed by atoms with E-state index in [9.17, 15) is 9.18 Å². The molecule has 2 aromatic rings. The molecule has 0 aliphatic carbocycles. The number of rotatable bonds is 4. The van der Waals surface area contributed by atoms with Gasteiger partial charge in [-0.2, -0.15) is 0 Å². The van der Waals surface area contributed by atoms with E-state index >= 15 is 0 Å². The van der Waals surface area contributed by atoms with Crippen molar-refractivity contribution in [2.75, 3.05) is 6.54 Å². The topological polar surface area (TPSA) is 51.0 Å². The van der Waals surface area contributed by atoms with E-state index in [1.54, 1.807) is 12.1 Å². The third kappa shape index (κ3) is 2.85. The number of nitrogens with zero attached hydrogens (tertiary/aromatic N) is 4. The zero-order valence-electron chi connectivity index (χ0n) is 13.7. The van der Waals surface area contributed by atoms with Crippen LogP contribution in [0.5, 0.6) is 0 Å². The quantitative estimate of drug-likeness (QED) is 0.871. The number of halogens is 1. The molecule has 0 bridgehead atoms. The van der Waals surface area contributed by atoms with Gasteiger partial charge in [-0.05, 0) is 43.5 Å². The van der Waals surface area contributed by atoms with Crippen molar-refractivity contribution in [3.05, 3.63) is 35.9 Å². The monoisotopic (exact) mass is 316 g/mol. The summed E-state index contributed by atoms with van der Waals surface area (Å²) < 4.78 is 15.1. The van der Waals surface area contributed by atoms with E-state index in [1.165, 1.54) is 12.1 Å². The van der Waals surface area contributed by atoms with Crippen LogP contribution in [-0.2, 0) is 11.3 Å². The van der Waals surface area contributed by atoms with E-state index in [0.717, 1.165) is 17.8 Å². The van der Waals surface area contributed by atoms with E-state index < -0.39 is 0 Å². The molecule has 122 valence electrons. The summed E-state index contributed by atoms with van der Waals surface area (Å²) in [6.07, 6.45) is 0.731. The minimum Gasteiger partial charge on any atom is -0.334 e. The van der Waals surface area contributed by atoms with Crippen molar-refractivity contribution >= 4 is 5.91 Å². The summed E-state index contributed by atoms with van der Waals surface area (Å²) in [4.78, 5) is 14.6. The molecular weight excluding hydrogens is 295 g/mol. The van der Waals surface area contributed by atoms with Gasteiger partial charge in [0.15, 0.2) is 11.6 Å². The molecule has 0 saturated carbocycles. The van der Waals surface area contributed by atoms with Crippen LogP contribution in [0.15, 0.2) is 24.3 Å². The molecule has 0 radical (unpaired) electrons. The van der Waals surface area contributed by atoms with Crippen LogP contribution in [0.4, 0.5) is 4.39 Å². The fraction of sp³-hybridized carbons (Fsp3) is 0.471. The number of benzene rings is 1. The zero-order valence-corrected chi connectivity index (χ0v) is 13.7. The smallest absolute Gasteiger partial charge is 0.246 e. The lowest BCUT2D eigenvalue weighted by molar-refractivity contribution is -0.137. The van der Waals surface area contributed by atoms with Gasteiger partial charge in [0, 0.05) is 12.1 Å². The van der Waals surface area contributed by atoms with Crippen molar-refractivity contribution in [2.24, 2.45) is 5.92 Å². The molecule has 1 amide bonds. The minimum absolute atomic E-state index is 0.108. The molecule has 6 heteroatoms. The molecule has 0 spiro atoms. The highest BCUT2D eigenvalue weighted by molar-refractivity contribution is 5.82. The Morgan fingerprint density at radius 1 is 1.26 bits per heavy atom. The highest BCUT2D eigenvalue weighted by atomic mass is 19.1. The van der Waals surface area contributed by atoms with E-state index in [0.29, 0.717) is 24.8 Å². The maximum Gasteiger partial charge on any atom is 0.246 e. The van der Waals surface area contributed by atoms with Crippen molar-refractivity contribution in [3.63, 3.8) is 0 Å². The van der Waals surface area contributed by atoms with E-state index in [2.05, 4.69) is 24.0 Å². The second-order valence-corrected chi connectivity index (χ2v) is 6.31. The van der Waals surface area contributed by atoms with Gasteiger partial charge in [0.2, 0.25) is 5.91 Å². The van der Waals surface area contributed by atoms with Crippen LogP contribution < -0.4 is 0 Å². The third-order valence-electron chi connectivity index (χ3n) is 4.19. The predicted octanol–water partition coefficient (Wildman–Crippen LogP) is 3.03. The van der Waals surface area contributed by atoms with Gasteiger partial charge >= 0.3 is 0 Å². The fourth-order valence-electron chi connectivity index (χ4n) is 3.04. The molecule has 5 nitrogen and oxygen atoms in total. The Balaban J connectivity index is 2.08. The highest BCUT2D eigenvalue weighted by Crippen LogP contribution is 2.32. The van der Waals surface area contributed by atoms with Gasteiger partial charge < -0.3 is 4.90 Å². The molecule has 3 rings (SSSR count). The molecule has 1 atom stereocenters. The highest BCUT2D eigenvalue weighted by Gasteiger charge is 2.35. The first-order valence-corrected chi connectivity index (χ1v) is 7.99. The largest absolute Gasteiger partial charge is 0.334 e. The lowest BCUT2D eigenvalue weighted by atomic mass is 10.00. The van der Waals surface area contributed by atoms with Gasteiger partial charge in [0.1, 0.15) is 11.9 Å². The van der Waals surface area contributed by atoms with Gasteiger partial charge in [-0.15, -0.1) is 10.2 Å². The third-order valence-corrected chi connectivity index (χ3v) is 4.19. The standard InChI is InChI=1S/C17H21FN4O/c1-4-21-10-15-19-20-16(12-5-7-13(18)8-6-12)22(15)14(17(21)23)9-11(2)3/h5-8,11,14H,4,9-10H2,1-3H3/t14-/m0/s1. The van der Waals surface area contributed by atoms with Crippen LogP contribution in [0.3, 0.4) is 0 Å². The average molecular weight is 316 g/mol. The lowest BCUT2D eigenvalue weighted by Crippen LogP contribution is -2.43. The molecular formula is C17H21FN4O. The number of hydrogen-bond donors (Lipinski definition) is 0. The lowest BCUT2D eigenvalue weighted by Gasteiger charge is -2.34. The van der Waals surface area contributed by atoms with Crippen LogP contribution >= 0.6 is 0 Å².